The maximum atomic E-state index is 11.6. The second kappa shape index (κ2) is 5.87. The lowest BCUT2D eigenvalue weighted by atomic mass is 10.0. The fraction of sp³-hybridized carbons (Fsp3) is 0.615. The topological polar surface area (TPSA) is 45.5 Å². The zero-order valence-corrected chi connectivity index (χ0v) is 10.3. The van der Waals surface area contributed by atoms with E-state index in [9.17, 15) is 4.79 Å². The van der Waals surface area contributed by atoms with E-state index in [1.54, 1.807) is 6.07 Å². The Hall–Kier alpha value is -1.29. The SMILES string of the molecule is CC1CCCCN1CCNC(=O)c1ccoc1. The summed E-state index contributed by atoms with van der Waals surface area (Å²) in [6.07, 6.45) is 6.87. The molecule has 17 heavy (non-hydrogen) atoms. The number of likely N-dealkylation sites (tertiary alicyclic amines) is 1. The van der Waals surface area contributed by atoms with Crippen molar-refractivity contribution in [3.05, 3.63) is 24.2 Å². The van der Waals surface area contributed by atoms with Crippen LogP contribution < -0.4 is 5.32 Å². The van der Waals surface area contributed by atoms with Crippen LogP contribution in [-0.4, -0.2) is 36.5 Å². The van der Waals surface area contributed by atoms with Gasteiger partial charge in [0.05, 0.1) is 11.8 Å². The van der Waals surface area contributed by atoms with Crippen molar-refractivity contribution in [2.45, 2.75) is 32.2 Å². The molecule has 2 rings (SSSR count). The van der Waals surface area contributed by atoms with Crippen LogP contribution in [0, 0.1) is 0 Å². The van der Waals surface area contributed by atoms with Crippen molar-refractivity contribution in [2.24, 2.45) is 0 Å². The molecule has 0 saturated carbocycles. The molecule has 4 nitrogen and oxygen atoms in total. The molecular formula is C13H20N2O2. The van der Waals surface area contributed by atoms with Crippen LogP contribution in [0.15, 0.2) is 23.0 Å². The summed E-state index contributed by atoms with van der Waals surface area (Å²) in [6.45, 7) is 5.05. The van der Waals surface area contributed by atoms with E-state index >= 15 is 0 Å². The molecule has 1 aromatic rings. The molecule has 0 spiro atoms. The van der Waals surface area contributed by atoms with Crippen LogP contribution in [0.2, 0.25) is 0 Å². The number of carbonyl (C=O) groups excluding carboxylic acids is 1. The highest BCUT2D eigenvalue weighted by atomic mass is 16.3. The lowest BCUT2D eigenvalue weighted by Crippen LogP contribution is -2.42. The first kappa shape index (κ1) is 12.2. The molecule has 1 saturated heterocycles. The first-order chi connectivity index (χ1) is 8.27. The summed E-state index contributed by atoms with van der Waals surface area (Å²) < 4.78 is 4.88. The zero-order chi connectivity index (χ0) is 12.1. The first-order valence-electron chi connectivity index (χ1n) is 6.32. The second-order valence-corrected chi connectivity index (χ2v) is 4.65. The molecule has 1 N–H and O–H groups in total. The maximum absolute atomic E-state index is 11.6. The van der Waals surface area contributed by atoms with Crippen molar-refractivity contribution in [3.8, 4) is 0 Å². The van der Waals surface area contributed by atoms with Gasteiger partial charge in [-0.2, -0.15) is 0 Å². The van der Waals surface area contributed by atoms with Crippen molar-refractivity contribution in [2.75, 3.05) is 19.6 Å². The molecule has 1 fully saturated rings. The highest BCUT2D eigenvalue weighted by Gasteiger charge is 2.17. The van der Waals surface area contributed by atoms with Crippen LogP contribution in [0.1, 0.15) is 36.5 Å². The lowest BCUT2D eigenvalue weighted by molar-refractivity contribution is 0.0938. The van der Waals surface area contributed by atoms with Crippen molar-refractivity contribution in [1.29, 1.82) is 0 Å². The van der Waals surface area contributed by atoms with Gasteiger partial charge < -0.3 is 9.73 Å². The van der Waals surface area contributed by atoms with Gasteiger partial charge in [-0.05, 0) is 32.4 Å². The minimum absolute atomic E-state index is 0.0524. The third kappa shape index (κ3) is 3.33. The third-order valence-corrected chi connectivity index (χ3v) is 3.41. The van der Waals surface area contributed by atoms with Gasteiger partial charge in [0.25, 0.3) is 5.91 Å². The number of amides is 1. The number of hydrogen-bond donors (Lipinski definition) is 1. The van der Waals surface area contributed by atoms with Crippen molar-refractivity contribution in [3.63, 3.8) is 0 Å². The third-order valence-electron chi connectivity index (χ3n) is 3.41. The van der Waals surface area contributed by atoms with Gasteiger partial charge >= 0.3 is 0 Å². The van der Waals surface area contributed by atoms with Crippen LogP contribution in [0.25, 0.3) is 0 Å². The Morgan fingerprint density at radius 3 is 3.18 bits per heavy atom. The number of nitrogens with zero attached hydrogens (tertiary/aromatic N) is 1. The van der Waals surface area contributed by atoms with Gasteiger partial charge in [-0.15, -0.1) is 0 Å². The van der Waals surface area contributed by atoms with Crippen LogP contribution in [-0.2, 0) is 0 Å². The van der Waals surface area contributed by atoms with E-state index in [1.165, 1.54) is 31.8 Å². The summed E-state index contributed by atoms with van der Waals surface area (Å²) in [5.41, 5.74) is 0.594. The largest absolute Gasteiger partial charge is 0.472 e. The minimum atomic E-state index is -0.0524. The van der Waals surface area contributed by atoms with Gasteiger partial charge in [-0.3, -0.25) is 9.69 Å². The number of rotatable bonds is 4. The Morgan fingerprint density at radius 2 is 2.47 bits per heavy atom. The van der Waals surface area contributed by atoms with Gasteiger partial charge in [0.15, 0.2) is 0 Å². The summed E-state index contributed by atoms with van der Waals surface area (Å²) in [4.78, 5) is 14.1. The Labute approximate surface area is 102 Å². The van der Waals surface area contributed by atoms with E-state index in [0.717, 1.165) is 13.1 Å². The number of carbonyl (C=O) groups is 1. The zero-order valence-electron chi connectivity index (χ0n) is 10.3. The van der Waals surface area contributed by atoms with E-state index in [-0.39, 0.29) is 5.91 Å². The summed E-state index contributed by atoms with van der Waals surface area (Å²) in [6, 6.07) is 2.33. The van der Waals surface area contributed by atoms with Crippen LogP contribution in [0.4, 0.5) is 0 Å². The molecule has 0 aromatic carbocycles. The van der Waals surface area contributed by atoms with Crippen molar-refractivity contribution in [1.82, 2.24) is 10.2 Å². The predicted octanol–water partition coefficient (Wildman–Crippen LogP) is 1.88. The summed E-state index contributed by atoms with van der Waals surface area (Å²) in [5.74, 6) is -0.0524. The van der Waals surface area contributed by atoms with Crippen LogP contribution >= 0.6 is 0 Å². The molecule has 1 amide bonds. The van der Waals surface area contributed by atoms with Crippen LogP contribution in [0.5, 0.6) is 0 Å². The Balaban J connectivity index is 1.70. The molecule has 1 atom stereocenters. The Morgan fingerprint density at radius 1 is 1.59 bits per heavy atom. The Kier molecular flexibility index (Phi) is 4.20. The molecular weight excluding hydrogens is 216 g/mol. The monoisotopic (exact) mass is 236 g/mol. The molecule has 0 bridgehead atoms. The smallest absolute Gasteiger partial charge is 0.254 e. The highest BCUT2D eigenvalue weighted by molar-refractivity contribution is 5.93. The molecule has 0 radical (unpaired) electrons. The van der Waals surface area contributed by atoms with E-state index in [0.29, 0.717) is 18.2 Å². The van der Waals surface area contributed by atoms with E-state index in [4.69, 9.17) is 4.42 Å². The quantitative estimate of drug-likeness (QED) is 0.868. The average Bonchev–Trinajstić information content (AvgIpc) is 2.85. The van der Waals surface area contributed by atoms with E-state index in [2.05, 4.69) is 17.1 Å². The average molecular weight is 236 g/mol. The maximum Gasteiger partial charge on any atom is 0.254 e. The van der Waals surface area contributed by atoms with Gasteiger partial charge in [0, 0.05) is 19.1 Å². The molecule has 0 aliphatic carbocycles. The number of piperidine rings is 1. The van der Waals surface area contributed by atoms with Gasteiger partial charge in [-0.25, -0.2) is 0 Å². The summed E-state index contributed by atoms with van der Waals surface area (Å²) in [7, 11) is 0. The fourth-order valence-corrected chi connectivity index (χ4v) is 2.30. The first-order valence-corrected chi connectivity index (χ1v) is 6.32. The second-order valence-electron chi connectivity index (χ2n) is 4.65. The molecule has 1 aliphatic heterocycles. The summed E-state index contributed by atoms with van der Waals surface area (Å²) >= 11 is 0. The van der Waals surface area contributed by atoms with Gasteiger partial charge in [0.2, 0.25) is 0 Å². The minimum Gasteiger partial charge on any atom is -0.472 e. The molecule has 1 aliphatic rings. The van der Waals surface area contributed by atoms with E-state index in [1.807, 2.05) is 0 Å². The molecule has 94 valence electrons. The summed E-state index contributed by atoms with van der Waals surface area (Å²) in [5, 5.41) is 2.91. The normalized spacial score (nSPS) is 21.4. The predicted molar refractivity (Wildman–Crippen MR) is 65.9 cm³/mol. The van der Waals surface area contributed by atoms with Gasteiger partial charge in [-0.1, -0.05) is 6.42 Å². The van der Waals surface area contributed by atoms with Crippen molar-refractivity contribution < 1.29 is 9.21 Å². The Bertz CT molecular complexity index is 348. The number of nitrogens with one attached hydrogen (secondary N) is 1. The lowest BCUT2D eigenvalue weighted by Gasteiger charge is -2.33. The molecule has 4 heteroatoms. The highest BCUT2D eigenvalue weighted by Crippen LogP contribution is 2.15. The van der Waals surface area contributed by atoms with Crippen LogP contribution in [0.3, 0.4) is 0 Å². The van der Waals surface area contributed by atoms with E-state index < -0.39 is 0 Å². The molecule has 1 aromatic heterocycles. The van der Waals surface area contributed by atoms with Crippen molar-refractivity contribution >= 4 is 5.91 Å². The molecule has 1 unspecified atom stereocenters. The number of hydrogen-bond acceptors (Lipinski definition) is 3. The van der Waals surface area contributed by atoms with Gasteiger partial charge in [0.1, 0.15) is 6.26 Å². The standard InChI is InChI=1S/C13H20N2O2/c1-11-4-2-3-7-15(11)8-6-14-13(16)12-5-9-17-10-12/h5,9-11H,2-4,6-8H2,1H3,(H,14,16). The molecule has 2 heterocycles. The number of furan rings is 1. The fourth-order valence-electron chi connectivity index (χ4n) is 2.30.